The summed E-state index contributed by atoms with van der Waals surface area (Å²) in [5, 5.41) is 6.39. The fraction of sp³-hybridized carbons (Fsp3) is 0.714. The number of halogens is 1. The van der Waals surface area contributed by atoms with Crippen LogP contribution in [0.1, 0.15) is 43.9 Å². The molecule has 0 unspecified atom stereocenters. The molecule has 0 spiro atoms. The van der Waals surface area contributed by atoms with Gasteiger partial charge in [0.1, 0.15) is 0 Å². The minimum atomic E-state index is 0.869. The van der Waals surface area contributed by atoms with Gasteiger partial charge in [0.15, 0.2) is 0 Å². The molecule has 96 valence electrons. The van der Waals surface area contributed by atoms with Gasteiger partial charge in [-0.25, -0.2) is 0 Å². The average Bonchev–Trinajstić information content (AvgIpc) is 2.73. The standard InChI is InChI=1S/C14H22ClNS/c1-11-2-4-12(5-3-11)6-7-16-9-14-8-13(15)10-17-14/h8,10-12,16H,2-7,9H2,1H3. The topological polar surface area (TPSA) is 12.0 Å². The molecule has 1 N–H and O–H groups in total. The zero-order valence-electron chi connectivity index (χ0n) is 10.5. The molecule has 3 heteroatoms. The molecule has 0 bridgehead atoms. The van der Waals surface area contributed by atoms with Crippen molar-refractivity contribution >= 4 is 22.9 Å². The van der Waals surface area contributed by atoms with E-state index in [1.807, 2.05) is 5.38 Å². The molecular weight excluding hydrogens is 250 g/mol. The van der Waals surface area contributed by atoms with E-state index in [0.717, 1.165) is 29.9 Å². The predicted octanol–water partition coefficient (Wildman–Crippen LogP) is 4.71. The Morgan fingerprint density at radius 1 is 1.35 bits per heavy atom. The molecule has 2 rings (SSSR count). The molecule has 0 amide bonds. The van der Waals surface area contributed by atoms with Gasteiger partial charge in [0.25, 0.3) is 0 Å². The van der Waals surface area contributed by atoms with Gasteiger partial charge in [-0.05, 0) is 30.9 Å². The zero-order valence-corrected chi connectivity index (χ0v) is 12.1. The van der Waals surface area contributed by atoms with Crippen LogP contribution in [0, 0.1) is 11.8 Å². The molecule has 1 aromatic heterocycles. The lowest BCUT2D eigenvalue weighted by atomic mass is 9.81. The van der Waals surface area contributed by atoms with Gasteiger partial charge >= 0.3 is 0 Å². The summed E-state index contributed by atoms with van der Waals surface area (Å²) >= 11 is 7.63. The van der Waals surface area contributed by atoms with Gasteiger partial charge in [0.2, 0.25) is 0 Å². The maximum Gasteiger partial charge on any atom is 0.0516 e. The van der Waals surface area contributed by atoms with E-state index in [4.69, 9.17) is 11.6 Å². The Labute approximate surface area is 114 Å². The van der Waals surface area contributed by atoms with Crippen molar-refractivity contribution in [1.82, 2.24) is 5.32 Å². The third-order valence-electron chi connectivity index (χ3n) is 3.79. The van der Waals surface area contributed by atoms with E-state index in [1.165, 1.54) is 37.0 Å². The summed E-state index contributed by atoms with van der Waals surface area (Å²) in [6.45, 7) is 4.50. The van der Waals surface area contributed by atoms with E-state index in [0.29, 0.717) is 0 Å². The molecule has 1 fully saturated rings. The first-order chi connectivity index (χ1) is 8.24. The summed E-state index contributed by atoms with van der Waals surface area (Å²) in [4.78, 5) is 1.34. The van der Waals surface area contributed by atoms with Gasteiger partial charge in [-0.3, -0.25) is 0 Å². The molecule has 1 saturated carbocycles. The van der Waals surface area contributed by atoms with Gasteiger partial charge < -0.3 is 5.32 Å². The lowest BCUT2D eigenvalue weighted by molar-refractivity contribution is 0.275. The highest BCUT2D eigenvalue weighted by atomic mass is 35.5. The Morgan fingerprint density at radius 2 is 2.12 bits per heavy atom. The third kappa shape index (κ3) is 4.61. The highest BCUT2D eigenvalue weighted by Crippen LogP contribution is 2.30. The van der Waals surface area contributed by atoms with Crippen molar-refractivity contribution in [3.8, 4) is 0 Å². The molecule has 0 aromatic carbocycles. The Bertz CT molecular complexity index is 329. The number of nitrogens with one attached hydrogen (secondary N) is 1. The fourth-order valence-corrected chi connectivity index (χ4v) is 3.62. The monoisotopic (exact) mass is 271 g/mol. The van der Waals surface area contributed by atoms with Gasteiger partial charge in [-0.1, -0.05) is 44.2 Å². The normalized spacial score (nSPS) is 25.1. The summed E-state index contributed by atoms with van der Waals surface area (Å²) in [5.74, 6) is 1.93. The van der Waals surface area contributed by atoms with Crippen LogP contribution in [-0.2, 0) is 6.54 Å². The Balaban J connectivity index is 1.57. The Kier molecular flexibility index (Phi) is 5.33. The summed E-state index contributed by atoms with van der Waals surface area (Å²) in [6.07, 6.45) is 7.09. The lowest BCUT2D eigenvalue weighted by Crippen LogP contribution is -2.20. The van der Waals surface area contributed by atoms with Crippen LogP contribution in [0.2, 0.25) is 5.02 Å². The molecule has 1 aliphatic rings. The first kappa shape index (κ1) is 13.4. The number of hydrogen-bond acceptors (Lipinski definition) is 2. The quantitative estimate of drug-likeness (QED) is 0.765. The Hall–Kier alpha value is -0.0500. The molecule has 0 saturated heterocycles. The van der Waals surface area contributed by atoms with Crippen LogP contribution in [0.25, 0.3) is 0 Å². The molecule has 0 atom stereocenters. The molecule has 1 aromatic rings. The van der Waals surface area contributed by atoms with Crippen molar-refractivity contribution in [2.24, 2.45) is 11.8 Å². The van der Waals surface area contributed by atoms with E-state index in [2.05, 4.69) is 18.3 Å². The van der Waals surface area contributed by atoms with Crippen molar-refractivity contribution in [1.29, 1.82) is 0 Å². The van der Waals surface area contributed by atoms with Gasteiger partial charge in [-0.15, -0.1) is 11.3 Å². The van der Waals surface area contributed by atoms with Gasteiger partial charge in [-0.2, -0.15) is 0 Å². The molecule has 17 heavy (non-hydrogen) atoms. The first-order valence-corrected chi connectivity index (χ1v) is 7.93. The second-order valence-corrected chi connectivity index (χ2v) is 6.75. The minimum absolute atomic E-state index is 0.869. The van der Waals surface area contributed by atoms with Crippen molar-refractivity contribution < 1.29 is 0 Å². The zero-order chi connectivity index (χ0) is 12.1. The first-order valence-electron chi connectivity index (χ1n) is 6.67. The highest BCUT2D eigenvalue weighted by molar-refractivity contribution is 7.10. The van der Waals surface area contributed by atoms with Crippen molar-refractivity contribution in [2.45, 2.75) is 45.6 Å². The van der Waals surface area contributed by atoms with Crippen molar-refractivity contribution in [3.05, 3.63) is 21.3 Å². The maximum absolute atomic E-state index is 5.89. The molecule has 1 heterocycles. The number of thiophene rings is 1. The predicted molar refractivity (Wildman–Crippen MR) is 76.8 cm³/mol. The van der Waals surface area contributed by atoms with Gasteiger partial charge in [0.05, 0.1) is 5.02 Å². The lowest BCUT2D eigenvalue weighted by Gasteiger charge is -2.26. The van der Waals surface area contributed by atoms with E-state index >= 15 is 0 Å². The largest absolute Gasteiger partial charge is 0.312 e. The third-order valence-corrected chi connectivity index (χ3v) is 5.07. The second kappa shape index (κ2) is 6.77. The van der Waals surface area contributed by atoms with Crippen molar-refractivity contribution in [3.63, 3.8) is 0 Å². The SMILES string of the molecule is CC1CCC(CCNCc2cc(Cl)cs2)CC1. The molecular formula is C14H22ClNS. The Morgan fingerprint density at radius 3 is 2.76 bits per heavy atom. The van der Waals surface area contributed by atoms with Crippen LogP contribution in [0.3, 0.4) is 0 Å². The van der Waals surface area contributed by atoms with Crippen LogP contribution >= 0.6 is 22.9 Å². The van der Waals surface area contributed by atoms with Crippen molar-refractivity contribution in [2.75, 3.05) is 6.54 Å². The molecule has 0 radical (unpaired) electrons. The molecule has 1 nitrogen and oxygen atoms in total. The summed E-state index contributed by atoms with van der Waals surface area (Å²) < 4.78 is 0. The van der Waals surface area contributed by atoms with E-state index in [1.54, 1.807) is 11.3 Å². The van der Waals surface area contributed by atoms with Crippen LogP contribution < -0.4 is 5.32 Å². The average molecular weight is 272 g/mol. The minimum Gasteiger partial charge on any atom is -0.312 e. The summed E-state index contributed by atoms with van der Waals surface area (Å²) in [7, 11) is 0. The second-order valence-electron chi connectivity index (χ2n) is 5.32. The van der Waals surface area contributed by atoms with Gasteiger partial charge in [0, 0.05) is 16.8 Å². The summed E-state index contributed by atoms with van der Waals surface area (Å²) in [5.41, 5.74) is 0. The number of rotatable bonds is 5. The van der Waals surface area contributed by atoms with E-state index < -0.39 is 0 Å². The van der Waals surface area contributed by atoms with Crippen LogP contribution in [-0.4, -0.2) is 6.54 Å². The molecule has 0 aliphatic heterocycles. The van der Waals surface area contributed by atoms with E-state index in [9.17, 15) is 0 Å². The number of hydrogen-bond donors (Lipinski definition) is 1. The fourth-order valence-electron chi connectivity index (χ4n) is 2.58. The van der Waals surface area contributed by atoms with Crippen LogP contribution in [0.15, 0.2) is 11.4 Å². The summed E-state index contributed by atoms with van der Waals surface area (Å²) in [6, 6.07) is 2.06. The maximum atomic E-state index is 5.89. The van der Waals surface area contributed by atoms with E-state index in [-0.39, 0.29) is 0 Å². The van der Waals surface area contributed by atoms with Crippen LogP contribution in [0.5, 0.6) is 0 Å². The molecule has 1 aliphatic carbocycles. The highest BCUT2D eigenvalue weighted by Gasteiger charge is 2.17. The van der Waals surface area contributed by atoms with Crippen LogP contribution in [0.4, 0.5) is 0 Å². The smallest absolute Gasteiger partial charge is 0.0516 e.